The lowest BCUT2D eigenvalue weighted by atomic mass is 9.89. The Balaban J connectivity index is 1.85. The highest BCUT2D eigenvalue weighted by atomic mass is 16.5. The molecule has 0 bridgehead atoms. The quantitative estimate of drug-likeness (QED) is 0.863. The van der Waals surface area contributed by atoms with Crippen LogP contribution in [0.3, 0.4) is 0 Å². The van der Waals surface area contributed by atoms with Crippen molar-refractivity contribution in [1.82, 2.24) is 0 Å². The Morgan fingerprint density at radius 2 is 2.00 bits per heavy atom. The number of rotatable bonds is 3. The lowest BCUT2D eigenvalue weighted by Crippen LogP contribution is -2.15. The summed E-state index contributed by atoms with van der Waals surface area (Å²) in [4.78, 5) is 0. The van der Waals surface area contributed by atoms with Crippen LogP contribution in [0.4, 0.5) is 5.69 Å². The van der Waals surface area contributed by atoms with E-state index in [1.54, 1.807) is 7.11 Å². The zero-order valence-electron chi connectivity index (χ0n) is 11.6. The predicted molar refractivity (Wildman–Crippen MR) is 80.2 cm³/mol. The summed E-state index contributed by atoms with van der Waals surface area (Å²) in [6.07, 6.45) is 3.46. The number of nitrogens with two attached hydrogens (primary N) is 1. The lowest BCUT2D eigenvalue weighted by Gasteiger charge is -2.26. The van der Waals surface area contributed by atoms with Crippen molar-refractivity contribution in [2.24, 2.45) is 0 Å². The van der Waals surface area contributed by atoms with E-state index < -0.39 is 0 Å². The summed E-state index contributed by atoms with van der Waals surface area (Å²) >= 11 is 0. The maximum Gasteiger partial charge on any atom is 0.145 e. The highest BCUT2D eigenvalue weighted by Gasteiger charge is 2.21. The van der Waals surface area contributed by atoms with Crippen LogP contribution in [0.5, 0.6) is 11.5 Å². The molecule has 0 spiro atoms. The van der Waals surface area contributed by atoms with Gasteiger partial charge in [0.15, 0.2) is 0 Å². The molecule has 0 fully saturated rings. The molecular weight excluding hydrogens is 250 g/mol. The van der Waals surface area contributed by atoms with Gasteiger partial charge in [-0.25, -0.2) is 0 Å². The highest BCUT2D eigenvalue weighted by molar-refractivity contribution is 5.55. The van der Waals surface area contributed by atoms with Gasteiger partial charge >= 0.3 is 0 Å². The van der Waals surface area contributed by atoms with E-state index >= 15 is 0 Å². The van der Waals surface area contributed by atoms with E-state index in [9.17, 15) is 0 Å². The largest absolute Gasteiger partial charge is 0.494 e. The van der Waals surface area contributed by atoms with E-state index in [4.69, 9.17) is 15.2 Å². The van der Waals surface area contributed by atoms with Crippen LogP contribution < -0.4 is 15.2 Å². The van der Waals surface area contributed by atoms with E-state index in [0.29, 0.717) is 11.4 Å². The van der Waals surface area contributed by atoms with Gasteiger partial charge in [-0.2, -0.15) is 0 Å². The number of nitrogen functional groups attached to an aromatic ring is 1. The van der Waals surface area contributed by atoms with Gasteiger partial charge in [-0.1, -0.05) is 24.3 Å². The summed E-state index contributed by atoms with van der Waals surface area (Å²) in [5.74, 6) is 1.46. The zero-order valence-corrected chi connectivity index (χ0v) is 11.6. The summed E-state index contributed by atoms with van der Waals surface area (Å²) < 4.78 is 11.4. The average Bonchev–Trinajstić information content (AvgIpc) is 2.49. The topological polar surface area (TPSA) is 44.5 Å². The fourth-order valence-corrected chi connectivity index (χ4v) is 2.76. The van der Waals surface area contributed by atoms with Crippen LogP contribution in [0.15, 0.2) is 42.5 Å². The summed E-state index contributed by atoms with van der Waals surface area (Å²) in [7, 11) is 1.62. The molecule has 0 saturated heterocycles. The molecule has 1 aliphatic carbocycles. The second-order valence-electron chi connectivity index (χ2n) is 5.10. The molecule has 0 aliphatic heterocycles. The Hall–Kier alpha value is -2.16. The van der Waals surface area contributed by atoms with Crippen molar-refractivity contribution < 1.29 is 9.47 Å². The maximum atomic E-state index is 6.14. The van der Waals surface area contributed by atoms with E-state index in [1.165, 1.54) is 11.1 Å². The second-order valence-corrected chi connectivity index (χ2v) is 5.10. The molecular formula is C17H19NO2. The van der Waals surface area contributed by atoms with Gasteiger partial charge in [0.1, 0.15) is 17.6 Å². The fraction of sp³-hybridized carbons (Fsp3) is 0.294. The highest BCUT2D eigenvalue weighted by Crippen LogP contribution is 2.35. The Labute approximate surface area is 119 Å². The number of aryl methyl sites for hydroxylation is 1. The van der Waals surface area contributed by atoms with Crippen LogP contribution in [-0.2, 0) is 6.42 Å². The van der Waals surface area contributed by atoms with E-state index in [1.807, 2.05) is 18.2 Å². The van der Waals surface area contributed by atoms with Crippen LogP contribution in [-0.4, -0.2) is 7.11 Å². The van der Waals surface area contributed by atoms with Crippen molar-refractivity contribution >= 4 is 5.69 Å². The molecule has 20 heavy (non-hydrogen) atoms. The first-order valence-corrected chi connectivity index (χ1v) is 6.96. The molecule has 1 unspecified atom stereocenters. The van der Waals surface area contributed by atoms with E-state index in [0.717, 1.165) is 25.0 Å². The average molecular weight is 269 g/mol. The Morgan fingerprint density at radius 1 is 1.15 bits per heavy atom. The van der Waals surface area contributed by atoms with Crippen LogP contribution in [0, 0.1) is 0 Å². The maximum absolute atomic E-state index is 6.14. The number of hydrogen-bond donors (Lipinski definition) is 1. The molecule has 3 heteroatoms. The van der Waals surface area contributed by atoms with Gasteiger partial charge in [0.05, 0.1) is 12.8 Å². The molecule has 2 N–H and O–H groups in total. The van der Waals surface area contributed by atoms with Crippen LogP contribution in [0.1, 0.15) is 30.1 Å². The minimum atomic E-state index is 0.119. The first-order chi connectivity index (χ1) is 9.78. The van der Waals surface area contributed by atoms with Crippen molar-refractivity contribution in [2.75, 3.05) is 12.8 Å². The summed E-state index contributed by atoms with van der Waals surface area (Å²) in [6, 6.07) is 14.1. The van der Waals surface area contributed by atoms with Gasteiger partial charge in [-0.05, 0) is 42.5 Å². The lowest BCUT2D eigenvalue weighted by molar-refractivity contribution is 0.183. The van der Waals surface area contributed by atoms with Crippen molar-refractivity contribution in [3.63, 3.8) is 0 Å². The third-order valence-corrected chi connectivity index (χ3v) is 3.80. The standard InChI is InChI=1S/C17H19NO2/c1-19-17-11-13(9-10-15(17)18)20-16-8-4-6-12-5-2-3-7-14(12)16/h2-3,5,7,9-11,16H,4,6,8,18H2,1H3. The Kier molecular flexibility index (Phi) is 3.50. The number of ether oxygens (including phenoxy) is 2. The number of fused-ring (bicyclic) bond motifs is 1. The van der Waals surface area contributed by atoms with Crippen molar-refractivity contribution in [3.8, 4) is 11.5 Å². The first-order valence-electron chi connectivity index (χ1n) is 6.96. The number of benzene rings is 2. The van der Waals surface area contributed by atoms with Crippen molar-refractivity contribution in [3.05, 3.63) is 53.6 Å². The van der Waals surface area contributed by atoms with E-state index in [-0.39, 0.29) is 6.10 Å². The number of anilines is 1. The Morgan fingerprint density at radius 3 is 2.85 bits per heavy atom. The summed E-state index contributed by atoms with van der Waals surface area (Å²) in [5, 5.41) is 0. The minimum Gasteiger partial charge on any atom is -0.494 e. The molecule has 2 aromatic rings. The SMILES string of the molecule is COc1cc(OC2CCCc3ccccc32)ccc1N. The van der Waals surface area contributed by atoms with Gasteiger partial charge in [-0.3, -0.25) is 0 Å². The molecule has 3 nitrogen and oxygen atoms in total. The molecule has 0 heterocycles. The Bertz CT molecular complexity index is 610. The zero-order chi connectivity index (χ0) is 13.9. The molecule has 3 rings (SSSR count). The van der Waals surface area contributed by atoms with Crippen LogP contribution in [0.25, 0.3) is 0 Å². The molecule has 1 aliphatic rings. The second kappa shape index (κ2) is 5.45. The molecule has 0 radical (unpaired) electrons. The molecule has 0 saturated carbocycles. The molecule has 0 amide bonds. The van der Waals surface area contributed by atoms with Crippen molar-refractivity contribution in [2.45, 2.75) is 25.4 Å². The van der Waals surface area contributed by atoms with E-state index in [2.05, 4.69) is 24.3 Å². The van der Waals surface area contributed by atoms with Gasteiger partial charge in [-0.15, -0.1) is 0 Å². The molecule has 0 aromatic heterocycles. The molecule has 1 atom stereocenters. The first kappa shape index (κ1) is 12.9. The number of methoxy groups -OCH3 is 1. The molecule has 2 aromatic carbocycles. The summed E-state index contributed by atoms with van der Waals surface area (Å²) in [5.41, 5.74) is 9.15. The van der Waals surface area contributed by atoms with Crippen molar-refractivity contribution in [1.29, 1.82) is 0 Å². The number of hydrogen-bond acceptors (Lipinski definition) is 3. The van der Waals surface area contributed by atoms with Gasteiger partial charge in [0, 0.05) is 6.07 Å². The van der Waals surface area contributed by atoms with Crippen LogP contribution in [0.2, 0.25) is 0 Å². The third-order valence-electron chi connectivity index (χ3n) is 3.80. The predicted octanol–water partition coefficient (Wildman–Crippen LogP) is 3.73. The monoisotopic (exact) mass is 269 g/mol. The third kappa shape index (κ3) is 2.44. The normalized spacial score (nSPS) is 17.4. The molecule has 104 valence electrons. The minimum absolute atomic E-state index is 0.119. The van der Waals surface area contributed by atoms with Crippen LogP contribution >= 0.6 is 0 Å². The van der Waals surface area contributed by atoms with Gasteiger partial charge in [0.2, 0.25) is 0 Å². The smallest absolute Gasteiger partial charge is 0.145 e. The fourth-order valence-electron chi connectivity index (χ4n) is 2.76. The van der Waals surface area contributed by atoms with Gasteiger partial charge < -0.3 is 15.2 Å². The van der Waals surface area contributed by atoms with Gasteiger partial charge in [0.25, 0.3) is 0 Å². The summed E-state index contributed by atoms with van der Waals surface area (Å²) in [6.45, 7) is 0.